The fourth-order valence-corrected chi connectivity index (χ4v) is 12.6. The van der Waals surface area contributed by atoms with Crippen molar-refractivity contribution in [1.82, 2.24) is 67.6 Å². The van der Waals surface area contributed by atoms with E-state index >= 15 is 9.59 Å². The maximum atomic E-state index is 15.0. The van der Waals surface area contributed by atoms with Crippen molar-refractivity contribution >= 4 is 103 Å². The van der Waals surface area contributed by atoms with Crippen molar-refractivity contribution in [1.29, 1.82) is 0 Å². The van der Waals surface area contributed by atoms with Crippen molar-refractivity contribution in [3.05, 3.63) is 120 Å². The predicted octanol–water partition coefficient (Wildman–Crippen LogP) is -2.49. The third-order valence-corrected chi connectivity index (χ3v) is 19.1. The van der Waals surface area contributed by atoms with Gasteiger partial charge >= 0.3 is 0 Å². The summed E-state index contributed by atoms with van der Waals surface area (Å²) >= 11 is 0. The molecule has 1 aliphatic rings. The van der Waals surface area contributed by atoms with Gasteiger partial charge < -0.3 is 91.6 Å². The molecule has 0 radical (unpaired) electrons. The van der Waals surface area contributed by atoms with Crippen LogP contribution in [0.1, 0.15) is 93.4 Å². The lowest BCUT2D eigenvalue weighted by molar-refractivity contribution is -0.136. The summed E-state index contributed by atoms with van der Waals surface area (Å²) in [4.78, 5) is 155. The van der Waals surface area contributed by atoms with Crippen LogP contribution in [0, 0.1) is 19.8 Å². The Bertz CT molecular complexity index is 4290. The van der Waals surface area contributed by atoms with E-state index < -0.39 is 149 Å². The zero-order chi connectivity index (χ0) is 78.7. The Kier molecular flexibility index (Phi) is 29.9. The Morgan fingerprint density at radius 1 is 0.664 bits per heavy atom. The maximum absolute atomic E-state index is 15.0. The number of aromatic nitrogens is 4. The molecule has 0 saturated carbocycles. The molecule has 1 aliphatic heterocycles. The van der Waals surface area contributed by atoms with Gasteiger partial charge in [-0.2, -0.15) is 10.1 Å². The van der Waals surface area contributed by atoms with Gasteiger partial charge in [-0.05, 0) is 169 Å². The van der Waals surface area contributed by atoms with Crippen LogP contribution >= 0.6 is 0 Å². The van der Waals surface area contributed by atoms with Crippen LogP contribution in [0.25, 0.3) is 22.0 Å². The fourth-order valence-electron chi connectivity index (χ4n) is 11.8. The highest BCUT2D eigenvalue weighted by Gasteiger charge is 2.37. The smallest absolute Gasteiger partial charge is 0.265 e. The maximum Gasteiger partial charge on any atom is 0.265 e. The number of nitrogens with one attached hydrogen (secondary N) is 9. The number of carbonyl (C=O) groups excluding carboxylic acids is 10. The van der Waals surface area contributed by atoms with E-state index in [2.05, 4.69) is 57.9 Å². The molecule has 2 aromatic heterocycles. The molecule has 0 aliphatic carbocycles. The SMILES string of the molecule is Cc1ccc(N(C(=O)c2ccc(-c3ccc(C[C@H]4NC(=O)C(CCN)NC(=O)[C@@H](NC(=O)[C@H](CCN)NC(=O)[C@@H](N)[C@@H](C)O)CCNC(=O)[C@H]([C@@H](C)O)NC(=O)[C@H](CCN)NC(=O)[C@H](CCN)NC(=O)[C@H](CC(C)C)NC4=O)cc3)cc2)c2nccc(N(C)c3ccc4c(C)n(C)nc4c3)n2)cc1S(N)(=O)=O. The number of amides is 10. The quantitative estimate of drug-likeness (QED) is 0.0282. The standard InChI is InChI=1S/C71H99N21O14S/c1-37(2)33-55-66(100)82-49(21-27-72)61(95)81-52(24-30-75)65(99)88-60(41(6)94)69(103)78-31-25-53(83-62(96)51(23-29-74)84-68(102)59(76)40(5)93)64(98)80-50(22-28-73)63(97)86-56(67(101)85-55)34-42-10-12-43(13-11-42)44-14-16-45(17-15-44)70(104)92(47-18-9-38(3)57(36-47)107(77,105)106)71-79-32-26-58(87-71)90(7)46-19-20-48-39(4)91(8)89-54(48)35-46/h9-20,26,32,35-37,40-41,49-53,55-56,59-60,93-94H,21-25,27-31,33-34,72-76H2,1-8H3,(H,78,103)(H,80,98)(H,81,95)(H,82,100)(H,83,96)(H,84,102)(H,85,101)(H,86,97)(H,88,99)(H2,77,105,106)/t40-,41-,49+,50?,51+,52+,53+,55+,56-,59+,60+/m1/s1. The minimum Gasteiger partial charge on any atom is -0.391 e. The molecule has 1 unspecified atom stereocenters. The average molecular weight is 1500 g/mol. The molecule has 35 nitrogen and oxygen atoms in total. The first-order valence-electron chi connectivity index (χ1n) is 35.0. The van der Waals surface area contributed by atoms with Crippen LogP contribution in [-0.2, 0) is 66.6 Å². The lowest BCUT2D eigenvalue weighted by Gasteiger charge is -2.28. The van der Waals surface area contributed by atoms with E-state index in [0.717, 1.165) is 22.3 Å². The van der Waals surface area contributed by atoms with E-state index in [1.54, 1.807) is 98.1 Å². The topological polar surface area (TPSA) is 560 Å². The van der Waals surface area contributed by atoms with Crippen molar-refractivity contribution < 1.29 is 66.6 Å². The number of carbonyl (C=O) groups is 10. The number of nitrogens with two attached hydrogens (primary N) is 6. The normalized spacial score (nSPS) is 20.2. The van der Waals surface area contributed by atoms with Crippen LogP contribution < -0.4 is 91.5 Å². The Morgan fingerprint density at radius 2 is 1.21 bits per heavy atom. The number of aliphatic hydroxyl groups is 2. The first kappa shape index (κ1) is 83.8. The van der Waals surface area contributed by atoms with Gasteiger partial charge in [0.1, 0.15) is 60.2 Å². The van der Waals surface area contributed by atoms with E-state index in [1.807, 2.05) is 32.2 Å². The van der Waals surface area contributed by atoms with Gasteiger partial charge in [-0.25, -0.2) is 23.4 Å². The number of anilines is 4. The molecule has 7 rings (SSSR count). The summed E-state index contributed by atoms with van der Waals surface area (Å²) in [6, 6.07) is 11.3. The van der Waals surface area contributed by atoms with Gasteiger partial charge in [0.05, 0.1) is 28.3 Å². The first-order chi connectivity index (χ1) is 50.7. The van der Waals surface area contributed by atoms with Gasteiger partial charge in [0, 0.05) is 55.6 Å². The number of benzene rings is 4. The second kappa shape index (κ2) is 38.2. The van der Waals surface area contributed by atoms with Crippen molar-refractivity contribution in [3.63, 3.8) is 0 Å². The molecule has 107 heavy (non-hydrogen) atoms. The molecule has 36 heteroatoms. The summed E-state index contributed by atoms with van der Waals surface area (Å²) in [5.41, 5.74) is 34.2. The number of nitrogens with zero attached hydrogens (tertiary/aromatic N) is 6. The average Bonchev–Trinajstić information content (AvgIpc) is 1.53. The summed E-state index contributed by atoms with van der Waals surface area (Å²) in [5, 5.41) is 55.2. The van der Waals surface area contributed by atoms with E-state index in [4.69, 9.17) is 38.8 Å². The molecule has 1 fully saturated rings. The number of fused-ring (bicyclic) bond motifs is 1. The Balaban J connectivity index is 1.23. The van der Waals surface area contributed by atoms with Crippen LogP contribution in [0.3, 0.4) is 0 Å². The third kappa shape index (κ3) is 22.3. The van der Waals surface area contributed by atoms with E-state index in [-0.39, 0.29) is 92.7 Å². The molecule has 10 amide bonds. The van der Waals surface area contributed by atoms with E-state index in [9.17, 15) is 57.0 Å². The van der Waals surface area contributed by atoms with Crippen LogP contribution in [0.5, 0.6) is 0 Å². The van der Waals surface area contributed by atoms with Gasteiger partial charge in [0.15, 0.2) is 0 Å². The molecule has 3 heterocycles. The van der Waals surface area contributed by atoms with Gasteiger partial charge in [0.25, 0.3) is 5.91 Å². The minimum absolute atomic E-state index is 0.0235. The summed E-state index contributed by atoms with van der Waals surface area (Å²) in [7, 11) is -0.649. The van der Waals surface area contributed by atoms with Gasteiger partial charge in [-0.1, -0.05) is 56.3 Å². The second-order valence-electron chi connectivity index (χ2n) is 26.7. The fraction of sp³-hybridized carbons (Fsp3) is 0.451. The molecule has 1 saturated heterocycles. The monoisotopic (exact) mass is 1500 g/mol. The zero-order valence-electron chi connectivity index (χ0n) is 61.0. The van der Waals surface area contributed by atoms with E-state index in [1.165, 1.54) is 37.1 Å². The summed E-state index contributed by atoms with van der Waals surface area (Å²) < 4.78 is 27.6. The highest BCUT2D eigenvalue weighted by Crippen LogP contribution is 2.33. The molecule has 6 aromatic rings. The van der Waals surface area contributed by atoms with Gasteiger partial charge in [0.2, 0.25) is 69.1 Å². The first-order valence-corrected chi connectivity index (χ1v) is 36.5. The molecule has 11 atom stereocenters. The van der Waals surface area contributed by atoms with Crippen molar-refractivity contribution in [3.8, 4) is 11.1 Å². The molecule has 4 aromatic carbocycles. The number of aliphatic hydroxyl groups excluding tert-OH is 2. The predicted molar refractivity (Wildman–Crippen MR) is 399 cm³/mol. The summed E-state index contributed by atoms with van der Waals surface area (Å²) in [6.07, 6.45) is -3.05. The largest absolute Gasteiger partial charge is 0.391 e. The van der Waals surface area contributed by atoms with Gasteiger partial charge in [-0.15, -0.1) is 0 Å². The minimum atomic E-state index is -4.29. The summed E-state index contributed by atoms with van der Waals surface area (Å²) in [5.74, 6) is -9.20. The molecule has 23 N–H and O–H groups in total. The van der Waals surface area contributed by atoms with Crippen LogP contribution in [-0.4, -0.2) is 204 Å². The zero-order valence-corrected chi connectivity index (χ0v) is 61.8. The number of sulfonamides is 1. The lowest BCUT2D eigenvalue weighted by Crippen LogP contribution is -2.61. The van der Waals surface area contributed by atoms with Crippen LogP contribution in [0.4, 0.5) is 23.1 Å². The van der Waals surface area contributed by atoms with Crippen LogP contribution in [0.2, 0.25) is 0 Å². The van der Waals surface area contributed by atoms with E-state index in [0.29, 0.717) is 28.1 Å². The number of primary sulfonamides is 1. The molecule has 0 spiro atoms. The Morgan fingerprint density at radius 3 is 1.77 bits per heavy atom. The molecule has 578 valence electrons. The third-order valence-electron chi connectivity index (χ3n) is 18.0. The second-order valence-corrected chi connectivity index (χ2v) is 28.3. The van der Waals surface area contributed by atoms with Crippen molar-refractivity contribution in [2.45, 2.75) is 158 Å². The van der Waals surface area contributed by atoms with Crippen molar-refractivity contribution in [2.24, 2.45) is 46.8 Å². The molecular weight excluding hydrogens is 1400 g/mol. The highest BCUT2D eigenvalue weighted by atomic mass is 32.2. The highest BCUT2D eigenvalue weighted by molar-refractivity contribution is 7.89. The molecule has 0 bridgehead atoms. The number of rotatable bonds is 25. The van der Waals surface area contributed by atoms with Gasteiger partial charge in [-0.3, -0.25) is 52.6 Å². The van der Waals surface area contributed by atoms with Crippen molar-refractivity contribution in [2.75, 3.05) is 49.6 Å². The number of hydrogen-bond acceptors (Lipinski definition) is 23. The number of aryl methyl sites for hydroxylation is 3. The summed E-state index contributed by atoms with van der Waals surface area (Å²) in [6.45, 7) is 8.32. The molecular formula is C71H99N21O14S. The number of hydrogen-bond donors (Lipinski definition) is 17. The Hall–Kier alpha value is -10.4. The Labute approximate surface area is 619 Å². The lowest BCUT2D eigenvalue weighted by atomic mass is 9.98. The van der Waals surface area contributed by atoms with Crippen LogP contribution in [0.15, 0.2) is 102 Å².